The second-order valence-electron chi connectivity index (χ2n) is 15.9. The third-order valence-corrected chi connectivity index (χ3v) is 19.4. The molecule has 0 unspecified atom stereocenters. The fraction of sp³-hybridized carbons (Fsp3) is 0.476. The summed E-state index contributed by atoms with van der Waals surface area (Å²) in [5.41, 5.74) is 17.3. The molecule has 0 saturated carbocycles. The zero-order valence-corrected chi connectivity index (χ0v) is 40.6. The van der Waals surface area contributed by atoms with Gasteiger partial charge in [-0.3, -0.25) is 0 Å². The average molecular weight is 834 g/mol. The largest absolute Gasteiger partial charge is 1.00 e. The molecule has 1 aliphatic rings. The molecule has 0 aromatic heterocycles. The van der Waals surface area contributed by atoms with Crippen molar-refractivity contribution in [1.82, 2.24) is 0 Å². The summed E-state index contributed by atoms with van der Waals surface area (Å²) in [4.78, 5) is 14.1. The Kier molecular flexibility index (Phi) is 16.3. The van der Waals surface area contributed by atoms with Crippen LogP contribution in [0, 0.1) is 20.8 Å². The molecule has 4 rings (SSSR count). The van der Waals surface area contributed by atoms with Gasteiger partial charge in [-0.25, -0.2) is 0 Å². The SMILES string of the molecule is CC1=C(C)[C]([Ti+3])([Si](c2cc(C)cc(N(C)C)c2N(C)C)(c2cc(C)cc(N(C)C)c2N(C)C)c2cc(C)cc(N(C)C)c2N(C)C)C(C)=C1C.[Cl-].[Cl-].[Cl-]. The van der Waals surface area contributed by atoms with E-state index in [1.54, 1.807) is 0 Å². The molecule has 0 aliphatic heterocycles. The summed E-state index contributed by atoms with van der Waals surface area (Å²) in [6.45, 7) is 16.4. The molecule has 0 amide bonds. The van der Waals surface area contributed by atoms with Crippen molar-refractivity contribution in [2.75, 3.05) is 114 Å². The minimum atomic E-state index is -3.29. The van der Waals surface area contributed by atoms with Gasteiger partial charge in [0.05, 0.1) is 0 Å². The van der Waals surface area contributed by atoms with Gasteiger partial charge in [0, 0.05) is 0 Å². The van der Waals surface area contributed by atoms with E-state index in [-0.39, 0.29) is 40.6 Å². The third kappa shape index (κ3) is 7.78. The zero-order chi connectivity index (χ0) is 37.9. The van der Waals surface area contributed by atoms with E-state index in [1.807, 2.05) is 0 Å². The molecule has 1 aliphatic carbocycles. The van der Waals surface area contributed by atoms with Crippen LogP contribution >= 0.6 is 0 Å². The van der Waals surface area contributed by atoms with E-state index in [9.17, 15) is 0 Å². The molecule has 0 radical (unpaired) electrons. The van der Waals surface area contributed by atoms with Crippen LogP contribution in [-0.2, 0) is 20.4 Å². The van der Waals surface area contributed by atoms with Gasteiger partial charge >= 0.3 is 319 Å². The van der Waals surface area contributed by atoms with Gasteiger partial charge in [0.25, 0.3) is 0 Å². The average Bonchev–Trinajstić information content (AvgIpc) is 3.15. The maximum atomic E-state index is 2.61. The monoisotopic (exact) mass is 832 g/mol. The molecule has 11 heteroatoms. The van der Waals surface area contributed by atoms with E-state index in [0.29, 0.717) is 0 Å². The fourth-order valence-corrected chi connectivity index (χ4v) is 18.1. The fourth-order valence-electron chi connectivity index (χ4n) is 8.58. The molecule has 0 N–H and O–H groups in total. The minimum Gasteiger partial charge on any atom is -1.00 e. The summed E-state index contributed by atoms with van der Waals surface area (Å²) in [6, 6.07) is 14.8. The molecular formula is C42H63Cl3N6SiTi. The summed E-state index contributed by atoms with van der Waals surface area (Å²) in [7, 11) is 23.3. The Morgan fingerprint density at radius 1 is 0.396 bits per heavy atom. The third-order valence-electron chi connectivity index (χ3n) is 11.1. The van der Waals surface area contributed by atoms with Gasteiger partial charge in [0.2, 0.25) is 0 Å². The van der Waals surface area contributed by atoms with Crippen molar-refractivity contribution >= 4 is 57.8 Å². The smallest absolute Gasteiger partial charge is 1.00 e. The van der Waals surface area contributed by atoms with Crippen LogP contribution in [0.5, 0.6) is 0 Å². The molecule has 0 atom stereocenters. The summed E-state index contributed by atoms with van der Waals surface area (Å²) in [6.07, 6.45) is 0. The molecule has 0 fully saturated rings. The molecule has 0 bridgehead atoms. The van der Waals surface area contributed by atoms with Crippen molar-refractivity contribution in [3.63, 3.8) is 0 Å². The van der Waals surface area contributed by atoms with Crippen LogP contribution in [0.4, 0.5) is 34.1 Å². The number of hydrogen-bond donors (Lipinski definition) is 0. The first-order valence-electron chi connectivity index (χ1n) is 17.7. The van der Waals surface area contributed by atoms with Crippen LogP contribution in [0.2, 0.25) is 3.34 Å². The van der Waals surface area contributed by atoms with E-state index in [0.717, 1.165) is 0 Å². The van der Waals surface area contributed by atoms with Crippen molar-refractivity contribution in [2.24, 2.45) is 0 Å². The van der Waals surface area contributed by atoms with Crippen LogP contribution in [0.25, 0.3) is 0 Å². The van der Waals surface area contributed by atoms with E-state index in [2.05, 4.69) is 219 Å². The molecule has 0 saturated heterocycles. The number of anilines is 6. The number of allylic oxidation sites excluding steroid dienone is 4. The summed E-state index contributed by atoms with van der Waals surface area (Å²) in [5, 5.41) is 4.35. The maximum absolute atomic E-state index is 3.29. The van der Waals surface area contributed by atoms with Crippen molar-refractivity contribution in [3.05, 3.63) is 75.4 Å². The predicted molar refractivity (Wildman–Crippen MR) is 224 cm³/mol. The molecule has 0 heterocycles. The van der Waals surface area contributed by atoms with Gasteiger partial charge in [-0.1, -0.05) is 0 Å². The first kappa shape index (κ1) is 48.8. The molecule has 6 nitrogen and oxygen atoms in total. The maximum Gasteiger partial charge on any atom is -1.00 e. The Bertz CT molecular complexity index is 1690. The minimum absolute atomic E-state index is 0. The van der Waals surface area contributed by atoms with Crippen LogP contribution in [0.1, 0.15) is 44.4 Å². The summed E-state index contributed by atoms with van der Waals surface area (Å²) >= 11 is 2.61. The quantitative estimate of drug-likeness (QED) is 0.164. The second-order valence-corrected chi connectivity index (χ2v) is 21.7. The van der Waals surface area contributed by atoms with Crippen LogP contribution < -0.4 is 82.2 Å². The molecule has 0 spiro atoms. The first-order valence-corrected chi connectivity index (χ1v) is 20.5. The number of halogens is 3. The summed E-state index contributed by atoms with van der Waals surface area (Å²) < 4.78 is -0.312. The molecule has 3 aromatic rings. The molecule has 3 aromatic carbocycles. The van der Waals surface area contributed by atoms with Gasteiger partial charge in [-0.2, -0.15) is 0 Å². The van der Waals surface area contributed by atoms with E-state index in [1.165, 1.54) is 88.7 Å². The van der Waals surface area contributed by atoms with Gasteiger partial charge in [0.15, 0.2) is 0 Å². The van der Waals surface area contributed by atoms with E-state index < -0.39 is 8.07 Å². The Morgan fingerprint density at radius 3 is 0.811 bits per heavy atom. The second kappa shape index (κ2) is 17.7. The van der Waals surface area contributed by atoms with Crippen LogP contribution in [-0.4, -0.2) is 92.6 Å². The van der Waals surface area contributed by atoms with Crippen molar-refractivity contribution in [1.29, 1.82) is 0 Å². The Labute approximate surface area is 354 Å². The van der Waals surface area contributed by atoms with Crippen molar-refractivity contribution in [2.45, 2.75) is 51.8 Å². The number of rotatable bonds is 10. The van der Waals surface area contributed by atoms with Gasteiger partial charge in [-0.15, -0.1) is 0 Å². The van der Waals surface area contributed by atoms with Gasteiger partial charge in [-0.05, 0) is 0 Å². The normalized spacial score (nSPS) is 13.6. The molecular weight excluding hydrogens is 771 g/mol. The zero-order valence-electron chi connectivity index (χ0n) is 35.8. The Morgan fingerprint density at radius 2 is 0.623 bits per heavy atom. The van der Waals surface area contributed by atoms with E-state index >= 15 is 0 Å². The first-order chi connectivity index (χ1) is 23.1. The number of nitrogens with zero attached hydrogens (tertiary/aromatic N) is 6. The standard InChI is InChI=1S/C42H63N6Si.3ClH.Ti/c1-26-20-33(43(8)9)39(46(14)15)36(23-26)49(42-31(6)29(4)30(5)32(42)7,37-24-27(2)21-34(44(10)11)40(37)47(16)17)38-25-28(3)22-35(45(12)13)41(38)48(18)19;;;;/h20-25H,1-19H3;3*1H;/q;;;;+3/p-3. The number of hydrogen-bond acceptors (Lipinski definition) is 6. The van der Waals surface area contributed by atoms with Crippen LogP contribution in [0.3, 0.4) is 0 Å². The number of benzene rings is 3. The topological polar surface area (TPSA) is 19.4 Å². The van der Waals surface area contributed by atoms with Crippen molar-refractivity contribution < 1.29 is 57.7 Å². The van der Waals surface area contributed by atoms with Gasteiger partial charge in [0.1, 0.15) is 0 Å². The predicted octanol–water partition coefficient (Wildman–Crippen LogP) is -2.58. The summed E-state index contributed by atoms with van der Waals surface area (Å²) in [5.74, 6) is 0. The Balaban J connectivity index is 0.00000468. The Hall–Kier alpha value is -2.26. The van der Waals surface area contributed by atoms with Gasteiger partial charge < -0.3 is 37.2 Å². The molecule has 290 valence electrons. The van der Waals surface area contributed by atoms with Crippen LogP contribution in [0.15, 0.2) is 58.7 Å². The number of aryl methyl sites for hydroxylation is 3. The molecule has 53 heavy (non-hydrogen) atoms. The van der Waals surface area contributed by atoms with E-state index in [4.69, 9.17) is 0 Å². The van der Waals surface area contributed by atoms with Crippen molar-refractivity contribution in [3.8, 4) is 0 Å².